The first kappa shape index (κ1) is 19.9. The number of hydrogen-bond acceptors (Lipinski definition) is 2. The molecule has 0 spiro atoms. The Bertz CT molecular complexity index is 626. The molecule has 0 saturated heterocycles. The van der Waals surface area contributed by atoms with E-state index in [-0.39, 0.29) is 0 Å². The Balaban J connectivity index is 1.94. The average Bonchev–Trinajstić information content (AvgIpc) is 2.65. The van der Waals surface area contributed by atoms with Gasteiger partial charge in [-0.3, -0.25) is 0 Å². The Labute approximate surface area is 157 Å². The maximum Gasteiger partial charge on any atom is 0.127 e. The van der Waals surface area contributed by atoms with Crippen molar-refractivity contribution in [2.45, 2.75) is 64.2 Å². The molecule has 0 aliphatic heterocycles. The maximum absolute atomic E-state index is 6.16. The first-order chi connectivity index (χ1) is 12.3. The molecule has 0 saturated carbocycles. The molecule has 2 rings (SSSR count). The van der Waals surface area contributed by atoms with Gasteiger partial charge in [-0.15, -0.1) is 11.6 Å². The van der Waals surface area contributed by atoms with E-state index in [1.807, 2.05) is 12.1 Å². The monoisotopic (exact) mass is 362 g/mol. The molecule has 0 bridgehead atoms. The number of fused-ring (bicyclic) bond motifs is 1. The van der Waals surface area contributed by atoms with Gasteiger partial charge in [0.1, 0.15) is 11.5 Å². The van der Waals surface area contributed by atoms with E-state index in [9.17, 15) is 0 Å². The zero-order valence-electron chi connectivity index (χ0n) is 15.6. The summed E-state index contributed by atoms with van der Waals surface area (Å²) >= 11 is 6.16. The molecule has 0 aliphatic rings. The lowest BCUT2D eigenvalue weighted by molar-refractivity contribution is 0.302. The van der Waals surface area contributed by atoms with Gasteiger partial charge in [-0.25, -0.2) is 0 Å². The summed E-state index contributed by atoms with van der Waals surface area (Å²) < 4.78 is 12.0. The van der Waals surface area contributed by atoms with E-state index in [0.717, 1.165) is 67.6 Å². The minimum absolute atomic E-state index is 0.296. The molecule has 2 aromatic carbocycles. The molecule has 1 atom stereocenters. The molecular weight excluding hydrogens is 332 g/mol. The van der Waals surface area contributed by atoms with Crippen LogP contribution < -0.4 is 9.47 Å². The molecule has 0 heterocycles. The smallest absolute Gasteiger partial charge is 0.127 e. The molecule has 0 aliphatic carbocycles. The standard InChI is InChI=1S/C22H31ClO2/c1-3-5-9-16-24-21-14-15-22(20-13-7-6-12-19(20)21)25-17-10-8-11-18(23)4-2/h6-7,12-15,18H,3-5,8-11,16-17H2,1-2H3. The summed E-state index contributed by atoms with van der Waals surface area (Å²) in [6.45, 7) is 5.84. The predicted molar refractivity (Wildman–Crippen MR) is 108 cm³/mol. The summed E-state index contributed by atoms with van der Waals surface area (Å²) in [5.74, 6) is 1.89. The fourth-order valence-corrected chi connectivity index (χ4v) is 3.04. The Morgan fingerprint density at radius 3 is 1.88 bits per heavy atom. The topological polar surface area (TPSA) is 18.5 Å². The van der Waals surface area contributed by atoms with Gasteiger partial charge in [-0.1, -0.05) is 51.0 Å². The summed E-state index contributed by atoms with van der Waals surface area (Å²) in [4.78, 5) is 0. The number of alkyl halides is 1. The third kappa shape index (κ3) is 6.43. The zero-order valence-corrected chi connectivity index (χ0v) is 16.4. The quantitative estimate of drug-likeness (QED) is 0.299. The Morgan fingerprint density at radius 2 is 1.36 bits per heavy atom. The van der Waals surface area contributed by atoms with Gasteiger partial charge in [0, 0.05) is 16.1 Å². The van der Waals surface area contributed by atoms with E-state index < -0.39 is 0 Å². The van der Waals surface area contributed by atoms with Gasteiger partial charge in [-0.2, -0.15) is 0 Å². The summed E-state index contributed by atoms with van der Waals surface area (Å²) in [6.07, 6.45) is 7.76. The third-order valence-electron chi connectivity index (χ3n) is 4.46. The van der Waals surface area contributed by atoms with Crippen LogP contribution in [0.3, 0.4) is 0 Å². The highest BCUT2D eigenvalue weighted by atomic mass is 35.5. The SMILES string of the molecule is CCCCCOc1ccc(OCCCCC(Cl)CC)c2ccccc12. The molecule has 2 aromatic rings. The van der Waals surface area contributed by atoms with Crippen LogP contribution in [0.4, 0.5) is 0 Å². The summed E-state index contributed by atoms with van der Waals surface area (Å²) in [5.41, 5.74) is 0. The van der Waals surface area contributed by atoms with Crippen molar-refractivity contribution in [3.8, 4) is 11.5 Å². The lowest BCUT2D eigenvalue weighted by Crippen LogP contribution is -2.02. The Morgan fingerprint density at radius 1 is 0.800 bits per heavy atom. The molecule has 1 unspecified atom stereocenters. The van der Waals surface area contributed by atoms with Crippen molar-refractivity contribution in [3.63, 3.8) is 0 Å². The average molecular weight is 363 g/mol. The number of rotatable bonds is 12. The van der Waals surface area contributed by atoms with Crippen LogP contribution in [0.1, 0.15) is 58.8 Å². The van der Waals surface area contributed by atoms with Crippen molar-refractivity contribution in [2.24, 2.45) is 0 Å². The summed E-state index contributed by atoms with van der Waals surface area (Å²) in [7, 11) is 0. The predicted octanol–water partition coefficient (Wildman–Crippen LogP) is 6.98. The van der Waals surface area contributed by atoms with E-state index >= 15 is 0 Å². The van der Waals surface area contributed by atoms with E-state index in [1.54, 1.807) is 0 Å². The Hall–Kier alpha value is -1.41. The lowest BCUT2D eigenvalue weighted by atomic mass is 10.1. The second-order valence-electron chi connectivity index (χ2n) is 6.51. The van der Waals surface area contributed by atoms with Gasteiger partial charge in [0.25, 0.3) is 0 Å². The van der Waals surface area contributed by atoms with Crippen molar-refractivity contribution in [2.75, 3.05) is 13.2 Å². The Kier molecular flexibility index (Phi) is 8.96. The maximum atomic E-state index is 6.16. The third-order valence-corrected chi connectivity index (χ3v) is 4.99. The summed E-state index contributed by atoms with van der Waals surface area (Å²) in [5, 5.41) is 2.55. The molecule has 2 nitrogen and oxygen atoms in total. The highest BCUT2D eigenvalue weighted by Crippen LogP contribution is 2.33. The highest BCUT2D eigenvalue weighted by Gasteiger charge is 2.08. The van der Waals surface area contributed by atoms with Gasteiger partial charge in [-0.05, 0) is 44.2 Å². The second kappa shape index (κ2) is 11.3. The van der Waals surface area contributed by atoms with Gasteiger partial charge in [0.05, 0.1) is 13.2 Å². The number of halogens is 1. The van der Waals surface area contributed by atoms with Gasteiger partial charge in [0.15, 0.2) is 0 Å². The van der Waals surface area contributed by atoms with E-state index in [1.165, 1.54) is 12.8 Å². The van der Waals surface area contributed by atoms with Crippen LogP contribution in [0.15, 0.2) is 36.4 Å². The molecule has 138 valence electrons. The van der Waals surface area contributed by atoms with Crippen molar-refractivity contribution in [1.82, 2.24) is 0 Å². The molecule has 25 heavy (non-hydrogen) atoms. The van der Waals surface area contributed by atoms with E-state index in [4.69, 9.17) is 21.1 Å². The minimum atomic E-state index is 0.296. The van der Waals surface area contributed by atoms with Crippen molar-refractivity contribution >= 4 is 22.4 Å². The number of ether oxygens (including phenoxy) is 2. The molecular formula is C22H31ClO2. The molecule has 3 heteroatoms. The second-order valence-corrected chi connectivity index (χ2v) is 7.13. The van der Waals surface area contributed by atoms with Crippen LogP contribution in [0, 0.1) is 0 Å². The zero-order chi connectivity index (χ0) is 17.9. The first-order valence-electron chi connectivity index (χ1n) is 9.67. The van der Waals surface area contributed by atoms with Gasteiger partial charge >= 0.3 is 0 Å². The molecule has 0 aromatic heterocycles. The van der Waals surface area contributed by atoms with Crippen LogP contribution in [0.5, 0.6) is 11.5 Å². The van der Waals surface area contributed by atoms with Crippen LogP contribution >= 0.6 is 11.6 Å². The lowest BCUT2D eigenvalue weighted by Gasteiger charge is -2.14. The number of benzene rings is 2. The van der Waals surface area contributed by atoms with E-state index in [0.29, 0.717) is 5.38 Å². The molecule has 0 radical (unpaired) electrons. The van der Waals surface area contributed by atoms with Crippen molar-refractivity contribution in [1.29, 1.82) is 0 Å². The molecule has 0 fully saturated rings. The van der Waals surface area contributed by atoms with Crippen molar-refractivity contribution in [3.05, 3.63) is 36.4 Å². The fraction of sp³-hybridized carbons (Fsp3) is 0.545. The highest BCUT2D eigenvalue weighted by molar-refractivity contribution is 6.20. The normalized spacial score (nSPS) is 12.3. The van der Waals surface area contributed by atoms with Crippen LogP contribution in [-0.2, 0) is 0 Å². The van der Waals surface area contributed by atoms with Crippen LogP contribution in [0.2, 0.25) is 0 Å². The van der Waals surface area contributed by atoms with Crippen LogP contribution in [0.25, 0.3) is 10.8 Å². The number of hydrogen-bond donors (Lipinski definition) is 0. The van der Waals surface area contributed by atoms with E-state index in [2.05, 4.69) is 38.1 Å². The number of unbranched alkanes of at least 4 members (excludes halogenated alkanes) is 3. The van der Waals surface area contributed by atoms with Crippen LogP contribution in [-0.4, -0.2) is 18.6 Å². The van der Waals surface area contributed by atoms with Crippen molar-refractivity contribution < 1.29 is 9.47 Å². The first-order valence-corrected chi connectivity index (χ1v) is 10.1. The van der Waals surface area contributed by atoms with Gasteiger partial charge < -0.3 is 9.47 Å². The minimum Gasteiger partial charge on any atom is -0.493 e. The molecule has 0 N–H and O–H groups in total. The largest absolute Gasteiger partial charge is 0.493 e. The van der Waals surface area contributed by atoms with Gasteiger partial charge in [0.2, 0.25) is 0 Å². The summed E-state index contributed by atoms with van der Waals surface area (Å²) in [6, 6.07) is 12.4. The molecule has 0 amide bonds. The fourth-order valence-electron chi connectivity index (χ4n) is 2.88.